The lowest BCUT2D eigenvalue weighted by molar-refractivity contribution is 0.0195. The third-order valence-electron chi connectivity index (χ3n) is 7.14. The lowest BCUT2D eigenvalue weighted by atomic mass is 10.1. The third-order valence-corrected chi connectivity index (χ3v) is 7.14. The normalized spacial score (nSPS) is 16.7. The van der Waals surface area contributed by atoms with Gasteiger partial charge in [0.2, 0.25) is 0 Å². The van der Waals surface area contributed by atoms with E-state index in [1.807, 2.05) is 40.8 Å². The lowest BCUT2D eigenvalue weighted by Crippen LogP contribution is -2.45. The average molecular weight is 536 g/mol. The second kappa shape index (κ2) is 13.1. The van der Waals surface area contributed by atoms with Crippen LogP contribution in [0.1, 0.15) is 52.5 Å². The van der Waals surface area contributed by atoms with Crippen molar-refractivity contribution in [3.8, 4) is 6.01 Å². The number of nitrogens with one attached hydrogen (secondary N) is 1. The van der Waals surface area contributed by atoms with Gasteiger partial charge >= 0.3 is 5.97 Å². The van der Waals surface area contributed by atoms with Crippen molar-refractivity contribution in [2.24, 2.45) is 0 Å². The minimum Gasteiger partial charge on any atom is -0.465 e. The van der Waals surface area contributed by atoms with Crippen molar-refractivity contribution in [1.29, 1.82) is 0 Å². The molecule has 0 bridgehead atoms. The van der Waals surface area contributed by atoms with E-state index >= 15 is 0 Å². The Labute approximate surface area is 228 Å². The summed E-state index contributed by atoms with van der Waals surface area (Å²) in [6.45, 7) is 8.85. The van der Waals surface area contributed by atoms with Crippen LogP contribution in [0.3, 0.4) is 0 Å². The Morgan fingerprint density at radius 1 is 0.974 bits per heavy atom. The van der Waals surface area contributed by atoms with Crippen LogP contribution in [0.25, 0.3) is 11.0 Å². The smallest absolute Gasteiger partial charge is 0.338 e. The summed E-state index contributed by atoms with van der Waals surface area (Å²) in [5.74, 6) is -0.455. The minimum absolute atomic E-state index is 0.124. The van der Waals surface area contributed by atoms with Crippen LogP contribution in [0.5, 0.6) is 6.01 Å². The highest BCUT2D eigenvalue weighted by molar-refractivity contribution is 5.97. The van der Waals surface area contributed by atoms with Gasteiger partial charge in [0.15, 0.2) is 0 Å². The van der Waals surface area contributed by atoms with E-state index in [1.165, 1.54) is 6.42 Å². The van der Waals surface area contributed by atoms with Gasteiger partial charge in [0.1, 0.15) is 6.61 Å². The molecule has 39 heavy (non-hydrogen) atoms. The highest BCUT2D eigenvalue weighted by atomic mass is 16.5. The van der Waals surface area contributed by atoms with Gasteiger partial charge in [-0.2, -0.15) is 4.98 Å². The second-order valence-electron chi connectivity index (χ2n) is 9.89. The number of benzene rings is 2. The number of nitrogens with zero attached hydrogens (tertiary/aromatic N) is 4. The van der Waals surface area contributed by atoms with E-state index in [1.54, 1.807) is 18.2 Å². The maximum atomic E-state index is 13.0. The zero-order valence-electron chi connectivity index (χ0n) is 22.6. The number of piperidine rings is 1. The van der Waals surface area contributed by atoms with Crippen LogP contribution in [-0.4, -0.2) is 90.5 Å². The van der Waals surface area contributed by atoms with E-state index in [-0.39, 0.29) is 11.9 Å². The number of hydrogen-bond donors (Lipinski definition) is 1. The Kier molecular flexibility index (Phi) is 9.08. The molecule has 3 heterocycles. The fraction of sp³-hybridized carbons (Fsp3) is 0.483. The van der Waals surface area contributed by atoms with Crippen molar-refractivity contribution < 1.29 is 23.8 Å². The third kappa shape index (κ3) is 6.95. The molecule has 1 N–H and O–H groups in total. The fourth-order valence-corrected chi connectivity index (χ4v) is 4.95. The first kappa shape index (κ1) is 27.1. The van der Waals surface area contributed by atoms with Gasteiger partial charge < -0.3 is 14.2 Å². The number of morpholine rings is 1. The van der Waals surface area contributed by atoms with Crippen molar-refractivity contribution in [3.05, 3.63) is 59.2 Å². The molecule has 10 heteroatoms. The number of esters is 1. The summed E-state index contributed by atoms with van der Waals surface area (Å²) in [6, 6.07) is 13.4. The van der Waals surface area contributed by atoms with Crippen molar-refractivity contribution in [1.82, 2.24) is 24.9 Å². The number of amides is 1. The van der Waals surface area contributed by atoms with Crippen LogP contribution in [0.4, 0.5) is 0 Å². The number of hydrazine groups is 1. The Balaban J connectivity index is 1.26. The molecule has 0 radical (unpaired) electrons. The Hall–Kier alpha value is -3.47. The van der Waals surface area contributed by atoms with Crippen LogP contribution in [0.2, 0.25) is 0 Å². The molecule has 5 rings (SSSR count). The quantitative estimate of drug-likeness (QED) is 0.396. The number of ether oxygens (including phenoxy) is 3. The minimum atomic E-state index is -0.331. The van der Waals surface area contributed by atoms with E-state index in [0.29, 0.717) is 43.4 Å². The molecular formula is C29H37N5O5. The van der Waals surface area contributed by atoms with E-state index in [4.69, 9.17) is 14.2 Å². The Morgan fingerprint density at radius 3 is 2.46 bits per heavy atom. The fourth-order valence-electron chi connectivity index (χ4n) is 4.95. The zero-order chi connectivity index (χ0) is 27.0. The summed E-state index contributed by atoms with van der Waals surface area (Å²) in [5.41, 5.74) is 6.67. The lowest BCUT2D eigenvalue weighted by Gasteiger charge is -2.26. The number of rotatable bonds is 10. The van der Waals surface area contributed by atoms with Gasteiger partial charge in [-0.25, -0.2) is 9.80 Å². The molecule has 2 aromatic carbocycles. The predicted octanol–water partition coefficient (Wildman–Crippen LogP) is 3.10. The number of carbonyl (C=O) groups excluding carboxylic acids is 2. The molecule has 2 fully saturated rings. The number of carbonyl (C=O) groups is 2. The van der Waals surface area contributed by atoms with E-state index in [9.17, 15) is 9.59 Å². The summed E-state index contributed by atoms with van der Waals surface area (Å²) >= 11 is 0. The van der Waals surface area contributed by atoms with Crippen LogP contribution in [0.15, 0.2) is 42.5 Å². The summed E-state index contributed by atoms with van der Waals surface area (Å²) < 4.78 is 18.6. The van der Waals surface area contributed by atoms with Crippen molar-refractivity contribution in [2.75, 3.05) is 59.2 Å². The van der Waals surface area contributed by atoms with Crippen LogP contribution in [-0.2, 0) is 16.0 Å². The summed E-state index contributed by atoms with van der Waals surface area (Å²) in [6.07, 6.45) is 3.39. The van der Waals surface area contributed by atoms with Gasteiger partial charge in [-0.05, 0) is 55.7 Å². The summed E-state index contributed by atoms with van der Waals surface area (Å²) in [5, 5.41) is 1.99. The zero-order valence-corrected chi connectivity index (χ0v) is 22.6. The molecule has 2 aliphatic heterocycles. The van der Waals surface area contributed by atoms with Gasteiger partial charge in [-0.1, -0.05) is 18.6 Å². The molecule has 0 saturated carbocycles. The molecule has 1 amide bonds. The van der Waals surface area contributed by atoms with Crippen molar-refractivity contribution >= 4 is 22.9 Å². The molecule has 2 saturated heterocycles. The van der Waals surface area contributed by atoms with Gasteiger partial charge in [-0.3, -0.25) is 19.7 Å². The number of imidazole rings is 1. The molecule has 3 aromatic rings. The SMILES string of the molecule is CCOc1nc2ccc(C(=O)NN3CCCCC3)cc2n1Cc1ccc(C(=O)OCCN2CCOCC2)cc1. The van der Waals surface area contributed by atoms with Crippen LogP contribution >= 0.6 is 0 Å². The largest absolute Gasteiger partial charge is 0.465 e. The van der Waals surface area contributed by atoms with Crippen molar-refractivity contribution in [2.45, 2.75) is 32.7 Å². The molecule has 0 aliphatic carbocycles. The van der Waals surface area contributed by atoms with Crippen LogP contribution in [0, 0.1) is 0 Å². The van der Waals surface area contributed by atoms with Gasteiger partial charge in [0.05, 0.1) is 43.0 Å². The topological polar surface area (TPSA) is 98.2 Å². The highest BCUT2D eigenvalue weighted by Gasteiger charge is 2.18. The first-order valence-electron chi connectivity index (χ1n) is 13.9. The summed E-state index contributed by atoms with van der Waals surface area (Å²) in [7, 11) is 0. The Bertz CT molecular complexity index is 1260. The molecule has 2 aliphatic rings. The number of fused-ring (bicyclic) bond motifs is 1. The predicted molar refractivity (Wildman–Crippen MR) is 147 cm³/mol. The highest BCUT2D eigenvalue weighted by Crippen LogP contribution is 2.25. The first-order chi connectivity index (χ1) is 19.1. The van der Waals surface area contributed by atoms with Gasteiger partial charge in [0.25, 0.3) is 11.9 Å². The molecule has 1 aromatic heterocycles. The van der Waals surface area contributed by atoms with Crippen LogP contribution < -0.4 is 10.2 Å². The second-order valence-corrected chi connectivity index (χ2v) is 9.89. The molecule has 0 spiro atoms. The van der Waals surface area contributed by atoms with E-state index in [0.717, 1.165) is 68.8 Å². The molecule has 0 atom stereocenters. The van der Waals surface area contributed by atoms with Gasteiger partial charge in [0, 0.05) is 38.3 Å². The standard InChI is InChI=1S/C29H37N5O5/c1-2-38-29-30-25-11-10-24(27(35)31-33-12-4-3-5-13-33)20-26(25)34(29)21-22-6-8-23(9-7-22)28(36)39-19-16-32-14-17-37-18-15-32/h6-11,20H,2-5,12-19,21H2,1H3,(H,31,35). The maximum absolute atomic E-state index is 13.0. The monoisotopic (exact) mass is 535 g/mol. The molecule has 208 valence electrons. The van der Waals surface area contributed by atoms with E-state index in [2.05, 4.69) is 15.3 Å². The average Bonchev–Trinajstić information content (AvgIpc) is 3.30. The maximum Gasteiger partial charge on any atom is 0.338 e. The molecule has 10 nitrogen and oxygen atoms in total. The number of aromatic nitrogens is 2. The van der Waals surface area contributed by atoms with Gasteiger partial charge in [-0.15, -0.1) is 0 Å². The molecule has 0 unspecified atom stereocenters. The van der Waals surface area contributed by atoms with E-state index < -0.39 is 0 Å². The summed E-state index contributed by atoms with van der Waals surface area (Å²) in [4.78, 5) is 32.4. The first-order valence-corrected chi connectivity index (χ1v) is 13.9. The Morgan fingerprint density at radius 2 is 1.72 bits per heavy atom. The number of hydrogen-bond acceptors (Lipinski definition) is 8. The molecular weight excluding hydrogens is 498 g/mol. The van der Waals surface area contributed by atoms with Crippen molar-refractivity contribution in [3.63, 3.8) is 0 Å².